The average Bonchev–Trinajstić information content (AvgIpc) is 3.24. The second-order valence-electron chi connectivity index (χ2n) is 5.65. The monoisotopic (exact) mass is 1050 g/mol. The number of nitrogens with two attached hydrogens (primary N) is 4. The van der Waals surface area contributed by atoms with Crippen molar-refractivity contribution in [2.24, 2.45) is 22.9 Å². The molecule has 0 saturated heterocycles. The number of nitrogens with zero attached hydrogens (tertiary/aromatic N) is 4. The molecule has 266 valence electrons. The summed E-state index contributed by atoms with van der Waals surface area (Å²) in [5.74, 6) is 0.549. The third-order valence-electron chi connectivity index (χ3n) is 1.67. The Kier molecular flexibility index (Phi) is 69.4. The molecular weight excluding hydrogens is 1010 g/mol. The first-order valence-electron chi connectivity index (χ1n) is 9.41. The summed E-state index contributed by atoms with van der Waals surface area (Å²) in [6.07, 6.45) is 0. The van der Waals surface area contributed by atoms with Gasteiger partial charge in [0.2, 0.25) is 28.8 Å². The van der Waals surface area contributed by atoms with Crippen molar-refractivity contribution in [3.63, 3.8) is 0 Å². The van der Waals surface area contributed by atoms with Crippen molar-refractivity contribution in [2.75, 3.05) is 0 Å². The van der Waals surface area contributed by atoms with Gasteiger partial charge in [0.25, 0.3) is 0 Å². The molecule has 0 spiro atoms. The number of halogens is 6. The Bertz CT molecular complexity index is 999. The molecule has 0 aliphatic carbocycles. The molecule has 19 nitrogen and oxygen atoms in total. The number of aromatic nitrogens is 4. The fourth-order valence-corrected chi connectivity index (χ4v) is 1.11. The third-order valence-corrected chi connectivity index (χ3v) is 1.82. The molecule has 28 heteroatoms. The molecule has 2 heterocycles. The molecule has 0 bridgehead atoms. The van der Waals surface area contributed by atoms with Crippen LogP contribution in [0.3, 0.4) is 0 Å². The molecule has 0 atom stereocenters. The molecule has 0 aliphatic rings. The smallest absolute Gasteiger partial charge is 0.339 e. The van der Waals surface area contributed by atoms with Gasteiger partial charge in [-0.15, -0.1) is 39.3 Å². The fraction of sp³-hybridized carbons (Fsp3) is 0.333. The molecule has 0 aliphatic heterocycles. The summed E-state index contributed by atoms with van der Waals surface area (Å²) < 4.78 is 18.9. The quantitative estimate of drug-likeness (QED) is 0.0929. The largest absolute Gasteiger partial charge is 0.456 e. The SMILES string of the molecule is C.CC(=O)Cl.CC(=O)NC(N)=O.CC(=O)NC(N)=O.Cc1nnc(Cl)o1.I.NC(N)=O.O=P(Cl)(Cl)Cl.[CH2-]c1nnc(C)o1.[CH3-].[Y].[Y]. The summed E-state index contributed by atoms with van der Waals surface area (Å²) in [5, 5.41) is 14.0. The molecular formula is C18H35Cl5IN10O9PY2-2. The van der Waals surface area contributed by atoms with E-state index in [1.807, 2.05) is 0 Å². The Morgan fingerprint density at radius 1 is 0.761 bits per heavy atom. The van der Waals surface area contributed by atoms with Crippen LogP contribution in [0.15, 0.2) is 8.83 Å². The zero-order chi connectivity index (χ0) is 33.9. The zero-order valence-corrected chi connectivity index (χ0v) is 37.1. The number of urea groups is 3. The van der Waals surface area contributed by atoms with E-state index >= 15 is 0 Å². The van der Waals surface area contributed by atoms with Crippen LogP contribution in [0.4, 0.5) is 14.4 Å². The van der Waals surface area contributed by atoms with Crippen molar-refractivity contribution in [3.8, 4) is 0 Å². The van der Waals surface area contributed by atoms with E-state index in [0.717, 1.165) is 0 Å². The van der Waals surface area contributed by atoms with Crippen LogP contribution < -0.4 is 33.6 Å². The maximum atomic E-state index is 9.84. The summed E-state index contributed by atoms with van der Waals surface area (Å²) in [6, 6.07) is -2.46. The second-order valence-corrected chi connectivity index (χ2v) is 13.1. The number of carbonyl (C=O) groups excluding carboxylic acids is 6. The summed E-state index contributed by atoms with van der Waals surface area (Å²) in [7, 11) is 0. The molecule has 0 fully saturated rings. The minimum Gasteiger partial charge on any atom is -0.456 e. The Morgan fingerprint density at radius 2 is 1.00 bits per heavy atom. The van der Waals surface area contributed by atoms with E-state index in [2.05, 4.69) is 100.0 Å². The molecule has 10 N–H and O–H groups in total. The molecule has 46 heavy (non-hydrogen) atoms. The van der Waals surface area contributed by atoms with Crippen LogP contribution in [0.2, 0.25) is 5.35 Å². The summed E-state index contributed by atoms with van der Waals surface area (Å²) in [6.45, 7) is 10.5. The predicted octanol–water partition coefficient (Wildman–Crippen LogP) is 4.30. The first kappa shape index (κ1) is 71.6. The maximum absolute atomic E-state index is 9.84. The van der Waals surface area contributed by atoms with Gasteiger partial charge >= 0.3 is 28.6 Å². The van der Waals surface area contributed by atoms with Gasteiger partial charge in [-0.2, -0.15) is 0 Å². The number of nitrogens with one attached hydrogen (secondary N) is 2. The molecule has 2 radical (unpaired) electrons. The molecule has 0 saturated carbocycles. The molecule has 2 rings (SSSR count). The second kappa shape index (κ2) is 44.6. The summed E-state index contributed by atoms with van der Waals surface area (Å²) in [5.41, 5.74) is 17.5. The molecule has 2 aromatic rings. The number of carbonyl (C=O) groups is 6. The Morgan fingerprint density at radius 3 is 1.04 bits per heavy atom. The number of hydrogen-bond acceptors (Lipinski definition) is 13. The van der Waals surface area contributed by atoms with Gasteiger partial charge in [-0.1, -0.05) is 12.5 Å². The number of amides is 8. The van der Waals surface area contributed by atoms with Gasteiger partial charge in [-0.25, -0.2) is 14.4 Å². The van der Waals surface area contributed by atoms with E-state index in [4.69, 9.17) is 20.8 Å². The predicted molar refractivity (Wildman–Crippen MR) is 178 cm³/mol. The first-order valence-corrected chi connectivity index (χ1v) is 14.6. The summed E-state index contributed by atoms with van der Waals surface area (Å²) >= 11 is 23.7. The van der Waals surface area contributed by atoms with Crippen LogP contribution in [0.5, 0.6) is 0 Å². The van der Waals surface area contributed by atoms with Gasteiger partial charge < -0.3 is 46.1 Å². The molecule has 0 aromatic carbocycles. The van der Waals surface area contributed by atoms with Crippen LogP contribution in [0.25, 0.3) is 0 Å². The standard InChI is InChI=1S/C4H5N2O.C3H3ClN2O.2C3H6N2O2.C2H3ClO.CH4N2O.CH4.CH3.Cl3OP.HI.2Y/c1-3-5-6-4(2)7-3;1-2-5-6-3(4)7-2;2*1-2(6)5-3(4)7;1-2(3)4;2-1(3)4;;;1-5(2,3)4;;;/h1H2,2H3;1H3;2*1H3,(H3,4,5,6,7);1H3;(H4,2,3,4);1H4;1H3;;1H;;/q-1;;;;;;;-1;;;;. The van der Waals surface area contributed by atoms with E-state index in [1.165, 1.54) is 20.8 Å². The minimum absolute atomic E-state index is 0. The van der Waals surface area contributed by atoms with Crippen molar-refractivity contribution in [1.82, 2.24) is 31.0 Å². The van der Waals surface area contributed by atoms with E-state index < -0.39 is 35.1 Å². The Hall–Kier alpha value is -0.412. The number of hydrogen-bond donors (Lipinski definition) is 6. The van der Waals surface area contributed by atoms with Crippen LogP contribution in [0.1, 0.15) is 45.9 Å². The number of primary amides is 4. The van der Waals surface area contributed by atoms with Gasteiger partial charge in [-0.05, 0) is 56.9 Å². The van der Waals surface area contributed by atoms with Crippen LogP contribution in [-0.2, 0) is 84.4 Å². The fourth-order valence-electron chi connectivity index (χ4n) is 0.957. The van der Waals surface area contributed by atoms with Crippen molar-refractivity contribution in [3.05, 3.63) is 37.4 Å². The van der Waals surface area contributed by atoms with Gasteiger partial charge in [0, 0.05) is 100 Å². The molecule has 8 amide bonds. The first-order chi connectivity index (χ1) is 18.3. The zero-order valence-electron chi connectivity index (χ0n) is 24.4. The third kappa shape index (κ3) is 121. The van der Waals surface area contributed by atoms with Gasteiger partial charge in [0.05, 0.1) is 5.89 Å². The van der Waals surface area contributed by atoms with E-state index in [9.17, 15) is 28.5 Å². The van der Waals surface area contributed by atoms with E-state index in [0.29, 0.717) is 17.7 Å². The van der Waals surface area contributed by atoms with Crippen LogP contribution in [0, 0.1) is 28.2 Å². The van der Waals surface area contributed by atoms with Gasteiger partial charge in [0.15, 0.2) is 0 Å². The maximum Gasteiger partial charge on any atom is 0.339 e. The number of aryl methyl sites for hydroxylation is 2. The van der Waals surface area contributed by atoms with E-state index in [1.54, 1.807) is 24.5 Å². The Labute approximate surface area is 358 Å². The van der Waals surface area contributed by atoms with Crippen molar-refractivity contribution >= 4 is 121 Å². The van der Waals surface area contributed by atoms with Crippen molar-refractivity contribution in [2.45, 2.75) is 42.0 Å². The minimum atomic E-state index is -3.22. The van der Waals surface area contributed by atoms with E-state index in [-0.39, 0.29) is 115 Å². The summed E-state index contributed by atoms with van der Waals surface area (Å²) in [4.78, 5) is 57.3. The van der Waals surface area contributed by atoms with Gasteiger partial charge in [0.1, 0.15) is 0 Å². The number of imide groups is 2. The van der Waals surface area contributed by atoms with Crippen molar-refractivity contribution < 1.29 is 108 Å². The normalized spacial score (nSPS) is 7.52. The van der Waals surface area contributed by atoms with Crippen LogP contribution in [-0.4, -0.2) is 55.5 Å². The topological polar surface area (TPSA) is 325 Å². The average molecular weight is 1050 g/mol. The van der Waals surface area contributed by atoms with Crippen molar-refractivity contribution in [1.29, 1.82) is 0 Å². The van der Waals surface area contributed by atoms with Crippen LogP contribution >= 0.6 is 86.1 Å². The number of rotatable bonds is 0. The molecule has 2 aromatic heterocycles. The van der Waals surface area contributed by atoms with Gasteiger partial charge in [-0.3, -0.25) is 29.6 Å². The molecule has 0 unspecified atom stereocenters. The Balaban J connectivity index is -0.0000000408.